The summed E-state index contributed by atoms with van der Waals surface area (Å²) in [6.45, 7) is 3.21. The van der Waals surface area contributed by atoms with Crippen LogP contribution in [0.5, 0.6) is 0 Å². The molecular formula is C10H22N2O3S. The zero-order chi connectivity index (χ0) is 12.0. The molecule has 0 saturated carbocycles. The Morgan fingerprint density at radius 3 is 2.69 bits per heavy atom. The van der Waals surface area contributed by atoms with Crippen molar-refractivity contribution in [2.24, 2.45) is 0 Å². The third kappa shape index (κ3) is 4.01. The van der Waals surface area contributed by atoms with Gasteiger partial charge in [-0.05, 0) is 19.4 Å². The molecule has 1 aliphatic heterocycles. The van der Waals surface area contributed by atoms with Gasteiger partial charge in [0.2, 0.25) is 10.0 Å². The van der Waals surface area contributed by atoms with Crippen LogP contribution in [0.2, 0.25) is 0 Å². The van der Waals surface area contributed by atoms with E-state index in [4.69, 9.17) is 5.11 Å². The fraction of sp³-hybridized carbons (Fsp3) is 1.00. The Bertz CT molecular complexity index is 286. The van der Waals surface area contributed by atoms with Crippen molar-refractivity contribution in [3.8, 4) is 0 Å². The highest BCUT2D eigenvalue weighted by molar-refractivity contribution is 7.89. The van der Waals surface area contributed by atoms with E-state index in [2.05, 4.69) is 5.32 Å². The lowest BCUT2D eigenvalue weighted by atomic mass is 10.1. The Morgan fingerprint density at radius 2 is 2.19 bits per heavy atom. The molecule has 1 heterocycles. The van der Waals surface area contributed by atoms with E-state index in [0.29, 0.717) is 6.54 Å². The van der Waals surface area contributed by atoms with Crippen LogP contribution in [-0.4, -0.2) is 55.9 Å². The number of rotatable bonds is 6. The predicted octanol–water partition coefficient (Wildman–Crippen LogP) is -0.227. The van der Waals surface area contributed by atoms with Crippen LogP contribution < -0.4 is 5.32 Å². The van der Waals surface area contributed by atoms with Gasteiger partial charge in [0, 0.05) is 19.1 Å². The van der Waals surface area contributed by atoms with E-state index in [0.717, 1.165) is 25.8 Å². The first-order valence-electron chi connectivity index (χ1n) is 5.92. The molecule has 0 aliphatic carbocycles. The van der Waals surface area contributed by atoms with Crippen molar-refractivity contribution in [2.45, 2.75) is 32.2 Å². The molecule has 1 saturated heterocycles. The minimum atomic E-state index is -3.22. The van der Waals surface area contributed by atoms with E-state index < -0.39 is 10.0 Å². The number of aliphatic hydroxyl groups excluding tert-OH is 1. The van der Waals surface area contributed by atoms with Crippen LogP contribution in [-0.2, 0) is 10.0 Å². The number of nitrogens with one attached hydrogen (secondary N) is 1. The van der Waals surface area contributed by atoms with Gasteiger partial charge in [-0.2, -0.15) is 4.31 Å². The summed E-state index contributed by atoms with van der Waals surface area (Å²) in [5, 5.41) is 12.0. The summed E-state index contributed by atoms with van der Waals surface area (Å²) in [6, 6.07) is 0.0755. The number of nitrogens with zero attached hydrogens (tertiary/aromatic N) is 1. The number of piperidine rings is 1. The summed E-state index contributed by atoms with van der Waals surface area (Å²) < 4.78 is 25.3. The third-order valence-electron chi connectivity index (χ3n) is 2.92. The molecule has 1 atom stereocenters. The second-order valence-corrected chi connectivity index (χ2v) is 6.15. The Balaban J connectivity index is 2.54. The van der Waals surface area contributed by atoms with Crippen molar-refractivity contribution < 1.29 is 13.5 Å². The van der Waals surface area contributed by atoms with Gasteiger partial charge >= 0.3 is 0 Å². The largest absolute Gasteiger partial charge is 0.395 e. The molecule has 0 amide bonds. The lowest BCUT2D eigenvalue weighted by Crippen LogP contribution is -2.44. The smallest absolute Gasteiger partial charge is 0.215 e. The Kier molecular flexibility index (Phi) is 5.68. The van der Waals surface area contributed by atoms with Gasteiger partial charge in [0.05, 0.1) is 12.4 Å². The zero-order valence-electron chi connectivity index (χ0n) is 9.85. The Labute approximate surface area is 97.9 Å². The van der Waals surface area contributed by atoms with Crippen molar-refractivity contribution in [1.29, 1.82) is 0 Å². The summed E-state index contributed by atoms with van der Waals surface area (Å²) in [4.78, 5) is 0. The molecule has 6 heteroatoms. The van der Waals surface area contributed by atoms with Crippen molar-refractivity contribution in [1.82, 2.24) is 9.62 Å². The topological polar surface area (TPSA) is 69.6 Å². The van der Waals surface area contributed by atoms with Gasteiger partial charge in [-0.25, -0.2) is 8.42 Å². The number of aliphatic hydroxyl groups is 1. The molecule has 1 fully saturated rings. The lowest BCUT2D eigenvalue weighted by Gasteiger charge is -2.26. The number of hydrogen-bond acceptors (Lipinski definition) is 4. The Morgan fingerprint density at radius 1 is 1.44 bits per heavy atom. The highest BCUT2D eigenvalue weighted by atomic mass is 32.2. The van der Waals surface area contributed by atoms with Crippen molar-refractivity contribution >= 4 is 10.0 Å². The van der Waals surface area contributed by atoms with Gasteiger partial charge in [-0.1, -0.05) is 13.3 Å². The summed E-state index contributed by atoms with van der Waals surface area (Å²) in [7, 11) is -3.22. The molecule has 16 heavy (non-hydrogen) atoms. The molecule has 5 nitrogen and oxygen atoms in total. The van der Waals surface area contributed by atoms with Crippen LogP contribution in [0, 0.1) is 0 Å². The molecule has 1 aliphatic rings. The molecule has 96 valence electrons. The van der Waals surface area contributed by atoms with E-state index in [9.17, 15) is 8.42 Å². The Hall–Kier alpha value is -0.170. The van der Waals surface area contributed by atoms with Gasteiger partial charge in [0.15, 0.2) is 0 Å². The molecule has 0 aromatic rings. The number of sulfonamides is 1. The molecule has 0 bridgehead atoms. The molecule has 0 spiro atoms. The second-order valence-electron chi connectivity index (χ2n) is 4.14. The summed E-state index contributed by atoms with van der Waals surface area (Å²) in [6.07, 6.45) is 3.15. The SMILES string of the molecule is CCN(CCO)S(=O)(=O)CC1CCCCN1. The maximum absolute atomic E-state index is 12.0. The van der Waals surface area contributed by atoms with Gasteiger partial charge < -0.3 is 10.4 Å². The normalized spacial score (nSPS) is 22.6. The lowest BCUT2D eigenvalue weighted by molar-refractivity contribution is 0.256. The molecule has 0 radical (unpaired) electrons. The van der Waals surface area contributed by atoms with E-state index in [1.807, 2.05) is 0 Å². The molecule has 1 rings (SSSR count). The fourth-order valence-corrected chi connectivity index (χ4v) is 3.79. The highest BCUT2D eigenvalue weighted by Gasteiger charge is 2.25. The first kappa shape index (κ1) is 13.9. The number of hydrogen-bond donors (Lipinski definition) is 2. The van der Waals surface area contributed by atoms with Crippen LogP contribution in [0.15, 0.2) is 0 Å². The van der Waals surface area contributed by atoms with Crippen LogP contribution in [0.4, 0.5) is 0 Å². The summed E-state index contributed by atoms with van der Waals surface area (Å²) >= 11 is 0. The van der Waals surface area contributed by atoms with E-state index in [-0.39, 0.29) is 24.9 Å². The molecule has 2 N–H and O–H groups in total. The van der Waals surface area contributed by atoms with E-state index in [1.165, 1.54) is 4.31 Å². The van der Waals surface area contributed by atoms with Crippen molar-refractivity contribution in [2.75, 3.05) is 32.0 Å². The van der Waals surface area contributed by atoms with Gasteiger partial charge in [0.1, 0.15) is 0 Å². The second kappa shape index (κ2) is 6.54. The standard InChI is InChI=1S/C10H22N2O3S/c1-2-12(7-8-13)16(14,15)9-10-5-3-4-6-11-10/h10-11,13H,2-9H2,1H3. The minimum Gasteiger partial charge on any atom is -0.395 e. The third-order valence-corrected chi connectivity index (χ3v) is 4.97. The maximum Gasteiger partial charge on any atom is 0.215 e. The molecule has 1 unspecified atom stereocenters. The van der Waals surface area contributed by atoms with Gasteiger partial charge in [-0.3, -0.25) is 0 Å². The molecule has 0 aromatic carbocycles. The zero-order valence-corrected chi connectivity index (χ0v) is 10.7. The molecular weight excluding hydrogens is 228 g/mol. The van der Waals surface area contributed by atoms with Crippen LogP contribution >= 0.6 is 0 Å². The van der Waals surface area contributed by atoms with Crippen LogP contribution in [0.3, 0.4) is 0 Å². The highest BCUT2D eigenvalue weighted by Crippen LogP contribution is 2.11. The predicted molar refractivity (Wildman–Crippen MR) is 63.8 cm³/mol. The maximum atomic E-state index is 12.0. The van der Waals surface area contributed by atoms with Gasteiger partial charge in [0.25, 0.3) is 0 Å². The fourth-order valence-electron chi connectivity index (χ4n) is 2.03. The van der Waals surface area contributed by atoms with Crippen molar-refractivity contribution in [3.63, 3.8) is 0 Å². The van der Waals surface area contributed by atoms with E-state index >= 15 is 0 Å². The molecule has 0 aromatic heterocycles. The van der Waals surface area contributed by atoms with E-state index in [1.54, 1.807) is 6.92 Å². The van der Waals surface area contributed by atoms with Crippen molar-refractivity contribution in [3.05, 3.63) is 0 Å². The average Bonchev–Trinajstić information content (AvgIpc) is 2.26. The summed E-state index contributed by atoms with van der Waals surface area (Å²) in [5.74, 6) is 0.154. The average molecular weight is 250 g/mol. The van der Waals surface area contributed by atoms with Crippen LogP contribution in [0.25, 0.3) is 0 Å². The monoisotopic (exact) mass is 250 g/mol. The summed E-state index contributed by atoms with van der Waals surface area (Å²) in [5.41, 5.74) is 0. The minimum absolute atomic E-state index is 0.0755. The van der Waals surface area contributed by atoms with Gasteiger partial charge in [-0.15, -0.1) is 0 Å². The first-order valence-corrected chi connectivity index (χ1v) is 7.53. The van der Waals surface area contributed by atoms with Crippen LogP contribution in [0.1, 0.15) is 26.2 Å². The first-order chi connectivity index (χ1) is 7.60. The quantitative estimate of drug-likeness (QED) is 0.683. The number of likely N-dealkylation sites (N-methyl/N-ethyl adjacent to an activating group) is 1.